The highest BCUT2D eigenvalue weighted by molar-refractivity contribution is 6.50. The van der Waals surface area contributed by atoms with E-state index in [9.17, 15) is 9.90 Å². The number of rotatable bonds is 3. The van der Waals surface area contributed by atoms with Crippen LogP contribution in [0.5, 0.6) is 0 Å². The van der Waals surface area contributed by atoms with E-state index in [0.717, 1.165) is 0 Å². The Kier molecular flexibility index (Phi) is 4.11. The Morgan fingerprint density at radius 3 is 2.55 bits per heavy atom. The molecule has 1 aliphatic rings. The minimum absolute atomic E-state index is 0.0501. The van der Waals surface area contributed by atoms with Crippen molar-refractivity contribution in [2.24, 2.45) is 10.2 Å². The minimum Gasteiger partial charge on any atom is -0.509 e. The molecule has 104 valence electrons. The maximum Gasteiger partial charge on any atom is 0.337 e. The molecule has 0 heterocycles. The number of halogens is 2. The molecule has 0 aromatic heterocycles. The summed E-state index contributed by atoms with van der Waals surface area (Å²) in [6.45, 7) is 0. The fraction of sp³-hybridized carbons (Fsp3) is 0.154. The van der Waals surface area contributed by atoms with Crippen LogP contribution in [0.15, 0.2) is 58.1 Å². The van der Waals surface area contributed by atoms with Crippen LogP contribution < -0.4 is 0 Å². The number of aliphatic hydroxyl groups excluding tert-OH is 1. The summed E-state index contributed by atoms with van der Waals surface area (Å²) in [5.41, 5.74) is 0.719. The first kappa shape index (κ1) is 14.6. The van der Waals surface area contributed by atoms with Gasteiger partial charge in [0.2, 0.25) is 0 Å². The second-order valence-corrected chi connectivity index (χ2v) is 5.60. The lowest BCUT2D eigenvalue weighted by atomic mass is 10.1. The predicted octanol–water partition coefficient (Wildman–Crippen LogP) is 4.37. The molecule has 0 amide bonds. The van der Waals surface area contributed by atoms with Crippen molar-refractivity contribution in [2.45, 2.75) is 10.8 Å². The standard InChI is InChI=1S/C13H10Cl2N2O3/c14-13(15)7-8(5-6-11(13)18)16-17-10-4-2-1-3-9(10)12(19)20/h1-6,18H,7H2,(H,19,20). The molecule has 0 spiro atoms. The van der Waals surface area contributed by atoms with Crippen molar-refractivity contribution in [1.82, 2.24) is 0 Å². The average molecular weight is 313 g/mol. The topological polar surface area (TPSA) is 82.2 Å². The number of allylic oxidation sites excluding steroid dienone is 4. The Hall–Kier alpha value is -1.85. The van der Waals surface area contributed by atoms with Gasteiger partial charge in [-0.2, -0.15) is 5.11 Å². The van der Waals surface area contributed by atoms with E-state index in [1.54, 1.807) is 12.1 Å². The van der Waals surface area contributed by atoms with Gasteiger partial charge in [0.15, 0.2) is 4.33 Å². The molecule has 20 heavy (non-hydrogen) atoms. The highest BCUT2D eigenvalue weighted by Gasteiger charge is 2.32. The SMILES string of the molecule is O=C(O)c1ccccc1N=NC1=CC=C(O)C(Cl)(Cl)C1. The Bertz CT molecular complexity index is 636. The van der Waals surface area contributed by atoms with Crippen LogP contribution in [0.4, 0.5) is 5.69 Å². The van der Waals surface area contributed by atoms with Crippen LogP contribution in [-0.2, 0) is 0 Å². The molecule has 1 aromatic rings. The molecule has 1 aliphatic carbocycles. The van der Waals surface area contributed by atoms with Crippen molar-refractivity contribution in [3.63, 3.8) is 0 Å². The molecular formula is C13H10Cl2N2O3. The van der Waals surface area contributed by atoms with Gasteiger partial charge in [-0.1, -0.05) is 35.3 Å². The third-order valence-electron chi connectivity index (χ3n) is 2.63. The zero-order valence-electron chi connectivity index (χ0n) is 10.1. The number of azo groups is 1. The van der Waals surface area contributed by atoms with E-state index in [1.165, 1.54) is 24.3 Å². The molecule has 2 rings (SSSR count). The zero-order valence-corrected chi connectivity index (χ0v) is 11.6. The predicted molar refractivity (Wildman–Crippen MR) is 75.8 cm³/mol. The highest BCUT2D eigenvalue weighted by atomic mass is 35.5. The van der Waals surface area contributed by atoms with Crippen LogP contribution in [0, 0.1) is 0 Å². The number of carboxylic acids is 1. The summed E-state index contributed by atoms with van der Waals surface area (Å²) in [5.74, 6) is -1.25. The second kappa shape index (κ2) is 5.64. The van der Waals surface area contributed by atoms with Gasteiger partial charge in [0, 0.05) is 6.42 Å². The molecule has 5 nitrogen and oxygen atoms in total. The molecule has 1 aromatic carbocycles. The van der Waals surface area contributed by atoms with E-state index in [-0.39, 0.29) is 23.4 Å². The van der Waals surface area contributed by atoms with Crippen molar-refractivity contribution in [3.8, 4) is 0 Å². The monoisotopic (exact) mass is 312 g/mol. The number of aromatic carboxylic acids is 1. The van der Waals surface area contributed by atoms with E-state index < -0.39 is 10.3 Å². The van der Waals surface area contributed by atoms with Gasteiger partial charge in [0.05, 0.1) is 11.3 Å². The normalized spacial score (nSPS) is 17.7. The number of hydrogen-bond donors (Lipinski definition) is 2. The van der Waals surface area contributed by atoms with E-state index >= 15 is 0 Å². The Balaban J connectivity index is 2.26. The van der Waals surface area contributed by atoms with Gasteiger partial charge < -0.3 is 10.2 Å². The first-order valence-corrected chi connectivity index (χ1v) is 6.38. The van der Waals surface area contributed by atoms with Crippen LogP contribution in [0.25, 0.3) is 0 Å². The van der Waals surface area contributed by atoms with E-state index in [1.807, 2.05) is 0 Å². The van der Waals surface area contributed by atoms with Crippen molar-refractivity contribution in [2.75, 3.05) is 0 Å². The summed E-state index contributed by atoms with van der Waals surface area (Å²) >= 11 is 11.8. The van der Waals surface area contributed by atoms with Crippen molar-refractivity contribution >= 4 is 34.9 Å². The number of carboxylic acid groups (broad SMARTS) is 1. The molecule has 0 fully saturated rings. The fourth-order valence-corrected chi connectivity index (χ4v) is 2.00. The largest absolute Gasteiger partial charge is 0.509 e. The van der Waals surface area contributed by atoms with Crippen LogP contribution in [0.3, 0.4) is 0 Å². The van der Waals surface area contributed by atoms with Gasteiger partial charge in [-0.15, -0.1) is 5.11 Å². The molecule has 0 saturated heterocycles. The minimum atomic E-state index is -1.44. The molecule has 2 N–H and O–H groups in total. The van der Waals surface area contributed by atoms with Gasteiger partial charge in [-0.3, -0.25) is 0 Å². The van der Waals surface area contributed by atoms with E-state index in [4.69, 9.17) is 28.3 Å². The van der Waals surface area contributed by atoms with Gasteiger partial charge in [0.1, 0.15) is 11.4 Å². The number of carbonyl (C=O) groups is 1. The number of nitrogens with zero attached hydrogens (tertiary/aromatic N) is 2. The lowest BCUT2D eigenvalue weighted by Crippen LogP contribution is -2.19. The Morgan fingerprint density at radius 1 is 1.20 bits per heavy atom. The fourth-order valence-electron chi connectivity index (χ4n) is 1.60. The molecule has 0 aliphatic heterocycles. The third-order valence-corrected chi connectivity index (χ3v) is 3.29. The maximum absolute atomic E-state index is 11.0. The van der Waals surface area contributed by atoms with Gasteiger partial charge in [0.25, 0.3) is 0 Å². The number of alkyl halides is 2. The summed E-state index contributed by atoms with van der Waals surface area (Å²) in [6.07, 6.45) is 2.93. The summed E-state index contributed by atoms with van der Waals surface area (Å²) < 4.78 is -1.44. The number of aliphatic hydroxyl groups is 1. The number of hydrogen-bond acceptors (Lipinski definition) is 4. The van der Waals surface area contributed by atoms with Crippen molar-refractivity contribution in [1.29, 1.82) is 0 Å². The van der Waals surface area contributed by atoms with Crippen LogP contribution in [0.1, 0.15) is 16.8 Å². The second-order valence-electron chi connectivity index (χ2n) is 4.11. The van der Waals surface area contributed by atoms with Gasteiger partial charge in [-0.05, 0) is 24.3 Å². The molecule has 0 atom stereocenters. The van der Waals surface area contributed by atoms with Gasteiger partial charge in [-0.25, -0.2) is 4.79 Å². The van der Waals surface area contributed by atoms with Crippen molar-refractivity contribution < 1.29 is 15.0 Å². The van der Waals surface area contributed by atoms with Crippen LogP contribution in [0.2, 0.25) is 0 Å². The first-order valence-electron chi connectivity index (χ1n) is 5.62. The zero-order chi connectivity index (χ0) is 14.8. The molecular weight excluding hydrogens is 303 g/mol. The molecule has 7 heteroatoms. The Morgan fingerprint density at radius 2 is 1.90 bits per heavy atom. The molecule has 0 bridgehead atoms. The highest BCUT2D eigenvalue weighted by Crippen LogP contribution is 2.38. The number of benzene rings is 1. The molecule has 0 radical (unpaired) electrons. The van der Waals surface area contributed by atoms with Crippen molar-refractivity contribution in [3.05, 3.63) is 53.4 Å². The molecule has 0 saturated carbocycles. The van der Waals surface area contributed by atoms with E-state index in [2.05, 4.69) is 10.2 Å². The van der Waals surface area contributed by atoms with E-state index in [0.29, 0.717) is 5.70 Å². The quantitative estimate of drug-likeness (QED) is 0.642. The third kappa shape index (κ3) is 3.18. The lowest BCUT2D eigenvalue weighted by molar-refractivity contribution is 0.0697. The summed E-state index contributed by atoms with van der Waals surface area (Å²) in [7, 11) is 0. The Labute approximate surface area is 124 Å². The maximum atomic E-state index is 11.0. The average Bonchev–Trinajstić information content (AvgIpc) is 2.40. The summed E-state index contributed by atoms with van der Waals surface area (Å²) in [4.78, 5) is 11.0. The van der Waals surface area contributed by atoms with Gasteiger partial charge >= 0.3 is 5.97 Å². The smallest absolute Gasteiger partial charge is 0.337 e. The summed E-state index contributed by atoms with van der Waals surface area (Å²) in [6, 6.07) is 6.24. The first-order chi connectivity index (χ1) is 9.40. The van der Waals surface area contributed by atoms with Crippen LogP contribution >= 0.6 is 23.2 Å². The lowest BCUT2D eigenvalue weighted by Gasteiger charge is -2.21. The summed E-state index contributed by atoms with van der Waals surface area (Å²) in [5, 5.41) is 26.3. The van der Waals surface area contributed by atoms with Crippen LogP contribution in [-0.4, -0.2) is 20.5 Å². The molecule has 0 unspecified atom stereocenters.